The van der Waals surface area contributed by atoms with Crippen LogP contribution < -0.4 is 19.5 Å². The number of hydrogen-bond donors (Lipinski definition) is 1. The predicted molar refractivity (Wildman–Crippen MR) is 121 cm³/mol. The van der Waals surface area contributed by atoms with E-state index in [1.807, 2.05) is 0 Å². The van der Waals surface area contributed by atoms with Crippen LogP contribution in [0.5, 0.6) is 17.2 Å². The van der Waals surface area contributed by atoms with E-state index in [0.29, 0.717) is 35.2 Å². The maximum absolute atomic E-state index is 13.0. The largest absolute Gasteiger partial charge is 0.496 e. The minimum Gasteiger partial charge on any atom is -0.496 e. The van der Waals surface area contributed by atoms with E-state index in [1.165, 1.54) is 26.9 Å². The highest BCUT2D eigenvalue weighted by atomic mass is 16.5. The summed E-state index contributed by atoms with van der Waals surface area (Å²) in [5.41, 5.74) is 2.80. The number of ether oxygens (including phenoxy) is 3. The maximum Gasteiger partial charge on any atom is 0.260 e. The first-order valence-electron chi connectivity index (χ1n) is 9.99. The second-order valence-corrected chi connectivity index (χ2v) is 8.18. The highest BCUT2D eigenvalue weighted by Crippen LogP contribution is 2.35. The Kier molecular flexibility index (Phi) is 6.53. The number of methoxy groups -OCH3 is 3. The summed E-state index contributed by atoms with van der Waals surface area (Å²) >= 11 is 0. The molecule has 164 valence electrons. The van der Waals surface area contributed by atoms with Crippen LogP contribution in [0.3, 0.4) is 0 Å². The number of hydrogen-bond acceptors (Lipinski definition) is 5. The van der Waals surface area contributed by atoms with E-state index in [9.17, 15) is 4.79 Å². The molecule has 0 aliphatic heterocycles. The maximum atomic E-state index is 13.0. The quantitative estimate of drug-likeness (QED) is 0.605. The van der Waals surface area contributed by atoms with Gasteiger partial charge in [0.05, 0.1) is 39.6 Å². The lowest BCUT2D eigenvalue weighted by Crippen LogP contribution is -2.17. The summed E-state index contributed by atoms with van der Waals surface area (Å²) in [6.45, 7) is 7.10. The first-order valence-corrected chi connectivity index (χ1v) is 9.99. The number of nitrogens with zero attached hydrogens (tertiary/aromatic N) is 2. The van der Waals surface area contributed by atoms with Gasteiger partial charge in [0.2, 0.25) is 0 Å². The zero-order chi connectivity index (χ0) is 22.6. The van der Waals surface area contributed by atoms with E-state index in [2.05, 4.69) is 55.5 Å². The number of rotatable bonds is 7. The highest BCUT2D eigenvalue weighted by molar-refractivity contribution is 6.06. The summed E-state index contributed by atoms with van der Waals surface area (Å²) in [4.78, 5) is 13.0. The van der Waals surface area contributed by atoms with Crippen LogP contribution in [-0.2, 0) is 12.0 Å². The van der Waals surface area contributed by atoms with Gasteiger partial charge in [-0.2, -0.15) is 5.10 Å². The fourth-order valence-corrected chi connectivity index (χ4v) is 3.24. The van der Waals surface area contributed by atoms with E-state index in [4.69, 9.17) is 14.2 Å². The van der Waals surface area contributed by atoms with Crippen molar-refractivity contribution in [1.82, 2.24) is 9.78 Å². The van der Waals surface area contributed by atoms with E-state index in [-0.39, 0.29) is 11.3 Å². The molecular formula is C24H29N3O4. The molecule has 0 saturated heterocycles. The molecule has 1 N–H and O–H groups in total. The van der Waals surface area contributed by atoms with Gasteiger partial charge in [-0.15, -0.1) is 0 Å². The molecule has 7 nitrogen and oxygen atoms in total. The van der Waals surface area contributed by atoms with Crippen LogP contribution >= 0.6 is 0 Å². The van der Waals surface area contributed by atoms with Crippen molar-refractivity contribution < 1.29 is 19.0 Å². The number of anilines is 1. The van der Waals surface area contributed by atoms with Gasteiger partial charge in [0, 0.05) is 18.2 Å². The van der Waals surface area contributed by atoms with Gasteiger partial charge < -0.3 is 19.5 Å². The molecule has 0 radical (unpaired) electrons. The molecule has 0 saturated carbocycles. The summed E-state index contributed by atoms with van der Waals surface area (Å²) in [7, 11) is 4.55. The van der Waals surface area contributed by atoms with E-state index in [0.717, 1.165) is 5.56 Å². The third kappa shape index (κ3) is 4.99. The van der Waals surface area contributed by atoms with Crippen LogP contribution in [0.1, 0.15) is 42.3 Å². The molecule has 0 aliphatic carbocycles. The first kappa shape index (κ1) is 22.2. The number of carbonyl (C=O) groups excluding carboxylic acids is 1. The molecule has 3 aromatic rings. The third-order valence-corrected chi connectivity index (χ3v) is 5.06. The molecule has 0 aliphatic rings. The van der Waals surface area contributed by atoms with E-state index >= 15 is 0 Å². The van der Waals surface area contributed by atoms with Crippen molar-refractivity contribution in [3.8, 4) is 17.2 Å². The molecule has 0 fully saturated rings. The minimum atomic E-state index is -0.331. The lowest BCUT2D eigenvalue weighted by molar-refractivity contribution is 0.102. The first-order chi connectivity index (χ1) is 14.8. The highest BCUT2D eigenvalue weighted by Gasteiger charge is 2.19. The third-order valence-electron chi connectivity index (χ3n) is 5.06. The molecule has 1 aromatic heterocycles. The van der Waals surface area contributed by atoms with E-state index < -0.39 is 0 Å². The second-order valence-electron chi connectivity index (χ2n) is 8.18. The SMILES string of the molecule is COc1cc(OC)c(C(=O)Nc2ccnn2Cc2ccc(C(C)(C)C)cc2)cc1OC. The molecule has 0 atom stereocenters. The Morgan fingerprint density at radius 2 is 1.55 bits per heavy atom. The summed E-state index contributed by atoms with van der Waals surface area (Å²) in [6, 6.07) is 13.4. The van der Waals surface area contributed by atoms with Crippen LogP contribution in [0, 0.1) is 0 Å². The van der Waals surface area contributed by atoms with Crippen molar-refractivity contribution >= 4 is 11.7 Å². The number of benzene rings is 2. The average molecular weight is 424 g/mol. The normalized spacial score (nSPS) is 11.2. The van der Waals surface area contributed by atoms with Gasteiger partial charge in [0.25, 0.3) is 5.91 Å². The van der Waals surface area contributed by atoms with Crippen molar-refractivity contribution in [3.05, 3.63) is 65.4 Å². The molecule has 0 bridgehead atoms. The Hall–Kier alpha value is -3.48. The van der Waals surface area contributed by atoms with Crippen molar-refractivity contribution in [2.45, 2.75) is 32.7 Å². The topological polar surface area (TPSA) is 74.6 Å². The Morgan fingerprint density at radius 3 is 2.13 bits per heavy atom. The van der Waals surface area contributed by atoms with Gasteiger partial charge in [-0.25, -0.2) is 4.68 Å². The molecular weight excluding hydrogens is 394 g/mol. The van der Waals surface area contributed by atoms with Gasteiger partial charge in [-0.05, 0) is 16.5 Å². The van der Waals surface area contributed by atoms with Gasteiger partial charge in [0.15, 0.2) is 11.5 Å². The Balaban J connectivity index is 1.81. The van der Waals surface area contributed by atoms with Crippen molar-refractivity contribution in [2.75, 3.05) is 26.6 Å². The number of aromatic nitrogens is 2. The minimum absolute atomic E-state index is 0.0990. The van der Waals surface area contributed by atoms with E-state index in [1.54, 1.807) is 29.1 Å². The van der Waals surface area contributed by atoms with Gasteiger partial charge in [-0.3, -0.25) is 4.79 Å². The van der Waals surface area contributed by atoms with Crippen LogP contribution in [-0.4, -0.2) is 37.0 Å². The van der Waals surface area contributed by atoms with Crippen LogP contribution in [0.4, 0.5) is 5.82 Å². The predicted octanol–water partition coefficient (Wildman–Crippen LogP) is 4.51. The Labute approximate surface area is 182 Å². The molecule has 7 heteroatoms. The smallest absolute Gasteiger partial charge is 0.260 e. The molecule has 0 unspecified atom stereocenters. The zero-order valence-corrected chi connectivity index (χ0v) is 18.9. The summed E-state index contributed by atoms with van der Waals surface area (Å²) in [5.74, 6) is 1.57. The molecule has 3 rings (SSSR count). The standard InChI is InChI=1S/C24H29N3O4/c1-24(2,3)17-9-7-16(8-10-17)15-27-22(11-12-25-27)26-23(28)18-13-20(30-5)21(31-6)14-19(18)29-4/h7-14H,15H2,1-6H3,(H,26,28). The molecule has 1 heterocycles. The van der Waals surface area contributed by atoms with Gasteiger partial charge >= 0.3 is 0 Å². The van der Waals surface area contributed by atoms with Crippen LogP contribution in [0.15, 0.2) is 48.7 Å². The second kappa shape index (κ2) is 9.12. The summed E-state index contributed by atoms with van der Waals surface area (Å²) in [6.07, 6.45) is 1.66. The molecule has 1 amide bonds. The number of nitrogens with one attached hydrogen (secondary N) is 1. The lowest BCUT2D eigenvalue weighted by atomic mass is 9.87. The fourth-order valence-electron chi connectivity index (χ4n) is 3.24. The van der Waals surface area contributed by atoms with Crippen LogP contribution in [0.2, 0.25) is 0 Å². The van der Waals surface area contributed by atoms with Crippen molar-refractivity contribution in [2.24, 2.45) is 0 Å². The van der Waals surface area contributed by atoms with Gasteiger partial charge in [-0.1, -0.05) is 45.0 Å². The zero-order valence-electron chi connectivity index (χ0n) is 18.9. The molecule has 31 heavy (non-hydrogen) atoms. The van der Waals surface area contributed by atoms with Crippen molar-refractivity contribution in [1.29, 1.82) is 0 Å². The molecule has 0 spiro atoms. The number of amides is 1. The monoisotopic (exact) mass is 423 g/mol. The lowest BCUT2D eigenvalue weighted by Gasteiger charge is -2.19. The Morgan fingerprint density at radius 1 is 0.935 bits per heavy atom. The molecule has 2 aromatic carbocycles. The summed E-state index contributed by atoms with van der Waals surface area (Å²) < 4.78 is 17.7. The van der Waals surface area contributed by atoms with Crippen LogP contribution in [0.25, 0.3) is 0 Å². The Bertz CT molecular complexity index is 1050. The van der Waals surface area contributed by atoms with Crippen molar-refractivity contribution in [3.63, 3.8) is 0 Å². The summed E-state index contributed by atoms with van der Waals surface area (Å²) in [5, 5.41) is 7.27. The fraction of sp³-hybridized carbons (Fsp3) is 0.333. The average Bonchev–Trinajstić information content (AvgIpc) is 3.18. The number of carbonyl (C=O) groups is 1. The van der Waals surface area contributed by atoms with Gasteiger partial charge in [0.1, 0.15) is 11.6 Å².